The summed E-state index contributed by atoms with van der Waals surface area (Å²) in [6.07, 6.45) is 0. The van der Waals surface area contributed by atoms with E-state index >= 15 is 0 Å². The third-order valence-electron chi connectivity index (χ3n) is 2.07. The number of hydrogen-bond donors (Lipinski definition) is 1. The molecule has 0 saturated heterocycles. The monoisotopic (exact) mass is 361 g/mol. The van der Waals surface area contributed by atoms with Crippen molar-refractivity contribution < 1.29 is 0 Å². The Bertz CT molecular complexity index is 525. The van der Waals surface area contributed by atoms with Crippen LogP contribution in [0.5, 0.6) is 0 Å². The molecular formula is C10H9Br2N3S. The van der Waals surface area contributed by atoms with E-state index in [0.29, 0.717) is 0 Å². The third kappa shape index (κ3) is 2.14. The molecule has 6 heteroatoms. The maximum atomic E-state index is 4.47. The van der Waals surface area contributed by atoms with Crippen molar-refractivity contribution in [3.8, 4) is 10.7 Å². The second kappa shape index (κ2) is 4.81. The summed E-state index contributed by atoms with van der Waals surface area (Å²) in [6, 6.07) is 2.00. The van der Waals surface area contributed by atoms with Gasteiger partial charge in [-0.2, -0.15) is 0 Å². The molecule has 2 heterocycles. The molecule has 0 fully saturated rings. The molecule has 0 aliphatic heterocycles. The number of aryl methyl sites for hydroxylation is 1. The predicted molar refractivity (Wildman–Crippen MR) is 75.0 cm³/mol. The van der Waals surface area contributed by atoms with Crippen LogP contribution in [0.15, 0.2) is 20.4 Å². The van der Waals surface area contributed by atoms with Crippen molar-refractivity contribution in [2.45, 2.75) is 6.92 Å². The molecule has 84 valence electrons. The largest absolute Gasteiger partial charge is 0.372 e. The Balaban J connectivity index is 2.59. The first-order valence-corrected chi connectivity index (χ1v) is 7.05. The molecule has 2 rings (SSSR count). The molecule has 0 atom stereocenters. The summed E-state index contributed by atoms with van der Waals surface area (Å²) in [7, 11) is 1.85. The zero-order valence-electron chi connectivity index (χ0n) is 8.71. The number of aromatic nitrogens is 2. The number of rotatable bonds is 2. The lowest BCUT2D eigenvalue weighted by molar-refractivity contribution is 1.09. The first-order chi connectivity index (χ1) is 7.63. The quantitative estimate of drug-likeness (QED) is 0.874. The predicted octanol–water partition coefficient (Wildman–Crippen LogP) is 4.08. The van der Waals surface area contributed by atoms with Crippen LogP contribution in [0.4, 0.5) is 5.82 Å². The molecule has 0 radical (unpaired) electrons. The van der Waals surface area contributed by atoms with E-state index in [4.69, 9.17) is 0 Å². The highest BCUT2D eigenvalue weighted by atomic mass is 79.9. The number of halogens is 2. The fourth-order valence-corrected chi connectivity index (χ4v) is 3.14. The number of hydrogen-bond acceptors (Lipinski definition) is 4. The molecule has 0 aromatic carbocycles. The average Bonchev–Trinajstić information content (AvgIpc) is 2.68. The van der Waals surface area contributed by atoms with E-state index in [1.165, 1.54) is 0 Å². The second-order valence-corrected chi connectivity index (χ2v) is 5.71. The Morgan fingerprint density at radius 2 is 2.06 bits per heavy atom. The van der Waals surface area contributed by atoms with Gasteiger partial charge in [0, 0.05) is 11.5 Å². The van der Waals surface area contributed by atoms with E-state index in [1.807, 2.05) is 25.4 Å². The van der Waals surface area contributed by atoms with Crippen LogP contribution in [0.25, 0.3) is 10.7 Å². The maximum absolute atomic E-state index is 4.47. The SMILES string of the molecule is CNc1nc(-c2sccc2Br)nc(C)c1Br. The minimum Gasteiger partial charge on any atom is -0.372 e. The van der Waals surface area contributed by atoms with Gasteiger partial charge in [0.25, 0.3) is 0 Å². The first-order valence-electron chi connectivity index (χ1n) is 4.58. The Hall–Kier alpha value is -0.460. The van der Waals surface area contributed by atoms with Crippen LogP contribution in [0, 0.1) is 6.92 Å². The molecule has 0 aliphatic carbocycles. The van der Waals surface area contributed by atoms with Gasteiger partial charge in [-0.25, -0.2) is 9.97 Å². The summed E-state index contributed by atoms with van der Waals surface area (Å²) in [5.41, 5.74) is 0.926. The fourth-order valence-electron chi connectivity index (χ4n) is 1.28. The van der Waals surface area contributed by atoms with E-state index in [0.717, 1.165) is 31.2 Å². The van der Waals surface area contributed by atoms with Crippen molar-refractivity contribution in [1.29, 1.82) is 0 Å². The van der Waals surface area contributed by atoms with E-state index < -0.39 is 0 Å². The van der Waals surface area contributed by atoms with E-state index in [1.54, 1.807) is 11.3 Å². The normalized spacial score (nSPS) is 10.5. The summed E-state index contributed by atoms with van der Waals surface area (Å²) in [5, 5.41) is 5.06. The molecule has 0 aliphatic rings. The van der Waals surface area contributed by atoms with Crippen molar-refractivity contribution >= 4 is 49.0 Å². The lowest BCUT2D eigenvalue weighted by Crippen LogP contribution is -2.00. The van der Waals surface area contributed by atoms with Gasteiger partial charge in [-0.15, -0.1) is 11.3 Å². The molecule has 0 amide bonds. The molecular weight excluding hydrogens is 354 g/mol. The molecule has 0 bridgehead atoms. The van der Waals surface area contributed by atoms with Crippen LogP contribution in [-0.4, -0.2) is 17.0 Å². The number of nitrogens with zero attached hydrogens (tertiary/aromatic N) is 2. The zero-order chi connectivity index (χ0) is 11.7. The van der Waals surface area contributed by atoms with E-state index in [-0.39, 0.29) is 0 Å². The fraction of sp³-hybridized carbons (Fsp3) is 0.200. The Kier molecular flexibility index (Phi) is 3.61. The highest BCUT2D eigenvalue weighted by molar-refractivity contribution is 9.11. The number of thiophene rings is 1. The third-order valence-corrected chi connectivity index (χ3v) is 4.86. The Morgan fingerprint density at radius 1 is 1.31 bits per heavy atom. The lowest BCUT2D eigenvalue weighted by Gasteiger charge is -2.07. The Morgan fingerprint density at radius 3 is 2.62 bits per heavy atom. The van der Waals surface area contributed by atoms with Gasteiger partial charge < -0.3 is 5.32 Å². The van der Waals surface area contributed by atoms with Gasteiger partial charge in [0.05, 0.1) is 15.0 Å². The molecule has 0 spiro atoms. The van der Waals surface area contributed by atoms with Crippen LogP contribution < -0.4 is 5.32 Å². The van der Waals surface area contributed by atoms with Gasteiger partial charge in [-0.05, 0) is 50.2 Å². The van der Waals surface area contributed by atoms with Crippen molar-refractivity contribution in [1.82, 2.24) is 9.97 Å². The standard InChI is InChI=1S/C10H9Br2N3S/c1-5-7(12)9(13-2)15-10(14-5)8-6(11)3-4-16-8/h3-4H,1-2H3,(H,13,14,15). The summed E-state index contributed by atoms with van der Waals surface area (Å²) in [4.78, 5) is 9.98. The van der Waals surface area contributed by atoms with E-state index in [9.17, 15) is 0 Å². The van der Waals surface area contributed by atoms with Crippen molar-refractivity contribution in [3.63, 3.8) is 0 Å². The molecule has 1 N–H and O–H groups in total. The summed E-state index contributed by atoms with van der Waals surface area (Å²) in [5.74, 6) is 1.55. The summed E-state index contributed by atoms with van der Waals surface area (Å²) < 4.78 is 1.94. The number of nitrogens with one attached hydrogen (secondary N) is 1. The van der Waals surface area contributed by atoms with Crippen molar-refractivity contribution in [2.24, 2.45) is 0 Å². The lowest BCUT2D eigenvalue weighted by atomic mass is 10.3. The molecule has 2 aromatic rings. The first kappa shape index (κ1) is 12.0. The van der Waals surface area contributed by atoms with Gasteiger partial charge in [0.15, 0.2) is 5.82 Å². The van der Waals surface area contributed by atoms with Gasteiger partial charge in [-0.3, -0.25) is 0 Å². The molecule has 0 unspecified atom stereocenters. The summed E-state index contributed by atoms with van der Waals surface area (Å²) >= 11 is 8.57. The van der Waals surface area contributed by atoms with Crippen LogP contribution >= 0.6 is 43.2 Å². The minimum atomic E-state index is 0.743. The van der Waals surface area contributed by atoms with Crippen LogP contribution in [0.3, 0.4) is 0 Å². The topological polar surface area (TPSA) is 37.8 Å². The van der Waals surface area contributed by atoms with Crippen molar-refractivity contribution in [2.75, 3.05) is 12.4 Å². The molecule has 0 saturated carbocycles. The molecule has 16 heavy (non-hydrogen) atoms. The van der Waals surface area contributed by atoms with Gasteiger partial charge in [0.2, 0.25) is 0 Å². The number of anilines is 1. The smallest absolute Gasteiger partial charge is 0.173 e. The second-order valence-electron chi connectivity index (χ2n) is 3.14. The maximum Gasteiger partial charge on any atom is 0.173 e. The minimum absolute atomic E-state index is 0.743. The van der Waals surface area contributed by atoms with Crippen LogP contribution in [-0.2, 0) is 0 Å². The highest BCUT2D eigenvalue weighted by Gasteiger charge is 2.12. The Labute approximate surface area is 115 Å². The van der Waals surface area contributed by atoms with Gasteiger partial charge in [-0.1, -0.05) is 0 Å². The van der Waals surface area contributed by atoms with Crippen LogP contribution in [0.1, 0.15) is 5.69 Å². The van der Waals surface area contributed by atoms with Crippen molar-refractivity contribution in [3.05, 3.63) is 26.1 Å². The van der Waals surface area contributed by atoms with Gasteiger partial charge >= 0.3 is 0 Å². The zero-order valence-corrected chi connectivity index (χ0v) is 12.7. The highest BCUT2D eigenvalue weighted by Crippen LogP contribution is 2.33. The average molecular weight is 363 g/mol. The van der Waals surface area contributed by atoms with Gasteiger partial charge in [0.1, 0.15) is 5.82 Å². The molecule has 3 nitrogen and oxygen atoms in total. The summed E-state index contributed by atoms with van der Waals surface area (Å²) in [6.45, 7) is 1.96. The van der Waals surface area contributed by atoms with Crippen LogP contribution in [0.2, 0.25) is 0 Å². The molecule has 2 aromatic heterocycles. The van der Waals surface area contributed by atoms with E-state index in [2.05, 4.69) is 47.1 Å².